The van der Waals surface area contributed by atoms with Gasteiger partial charge in [-0.3, -0.25) is 9.59 Å². The molecule has 0 saturated carbocycles. The van der Waals surface area contributed by atoms with E-state index in [-0.39, 0.29) is 23.8 Å². The third-order valence-electron chi connectivity index (χ3n) is 3.35. The number of rotatable bonds is 2. The molecule has 1 unspecified atom stereocenters. The molecule has 1 aliphatic rings. The Morgan fingerprint density at radius 1 is 1.25 bits per heavy atom. The van der Waals surface area contributed by atoms with Crippen LogP contribution in [0.25, 0.3) is 0 Å². The number of benzene rings is 1. The van der Waals surface area contributed by atoms with Gasteiger partial charge in [0.05, 0.1) is 6.54 Å². The first-order valence-electron chi connectivity index (χ1n) is 6.60. The Balaban J connectivity index is 2.16. The van der Waals surface area contributed by atoms with Crippen molar-refractivity contribution >= 4 is 23.4 Å². The molecule has 2 rings (SSSR count). The molecule has 1 fully saturated rings. The summed E-state index contributed by atoms with van der Waals surface area (Å²) in [7, 11) is 0. The molecule has 1 atom stereocenters. The molecule has 1 N–H and O–H groups in total. The Bertz CT molecular complexity index is 520. The van der Waals surface area contributed by atoms with Gasteiger partial charge in [0.15, 0.2) is 0 Å². The standard InChI is InChI=1S/C15H19ClN2O2/c1-15(2,3)13-14(20)18(9-12(19)17-13)8-10-4-6-11(16)7-5-10/h4-7,13H,8-9H2,1-3H3,(H,17,19). The zero-order chi connectivity index (χ0) is 14.9. The van der Waals surface area contributed by atoms with Gasteiger partial charge in [-0.2, -0.15) is 0 Å². The fraction of sp³-hybridized carbons (Fsp3) is 0.467. The number of amides is 2. The number of hydrogen-bond donors (Lipinski definition) is 1. The van der Waals surface area contributed by atoms with Gasteiger partial charge < -0.3 is 10.2 Å². The first-order chi connectivity index (χ1) is 9.27. The first-order valence-corrected chi connectivity index (χ1v) is 6.98. The Morgan fingerprint density at radius 3 is 2.40 bits per heavy atom. The quantitative estimate of drug-likeness (QED) is 0.909. The van der Waals surface area contributed by atoms with Crippen LogP contribution in [-0.2, 0) is 16.1 Å². The third kappa shape index (κ3) is 3.31. The van der Waals surface area contributed by atoms with Gasteiger partial charge in [0.1, 0.15) is 6.04 Å². The molecule has 1 aromatic rings. The van der Waals surface area contributed by atoms with Crippen LogP contribution < -0.4 is 5.32 Å². The van der Waals surface area contributed by atoms with E-state index < -0.39 is 6.04 Å². The van der Waals surface area contributed by atoms with Gasteiger partial charge in [0.25, 0.3) is 0 Å². The molecule has 0 bridgehead atoms. The lowest BCUT2D eigenvalue weighted by atomic mass is 9.84. The number of carbonyl (C=O) groups excluding carboxylic acids is 2. The fourth-order valence-corrected chi connectivity index (χ4v) is 2.36. The maximum atomic E-state index is 12.5. The highest BCUT2D eigenvalue weighted by molar-refractivity contribution is 6.30. The molecule has 4 nitrogen and oxygen atoms in total. The van der Waals surface area contributed by atoms with Gasteiger partial charge in [0.2, 0.25) is 11.8 Å². The second-order valence-electron chi connectivity index (χ2n) is 6.19. The Labute approximate surface area is 124 Å². The predicted octanol–water partition coefficient (Wildman–Crippen LogP) is 2.21. The van der Waals surface area contributed by atoms with Gasteiger partial charge in [-0.05, 0) is 23.1 Å². The molecule has 1 aromatic carbocycles. The average Bonchev–Trinajstić information content (AvgIpc) is 2.35. The highest BCUT2D eigenvalue weighted by atomic mass is 35.5. The summed E-state index contributed by atoms with van der Waals surface area (Å²) >= 11 is 5.84. The predicted molar refractivity (Wildman–Crippen MR) is 78.3 cm³/mol. The van der Waals surface area contributed by atoms with Crippen molar-refractivity contribution in [2.75, 3.05) is 6.54 Å². The van der Waals surface area contributed by atoms with Crippen molar-refractivity contribution in [2.45, 2.75) is 33.4 Å². The number of nitrogens with zero attached hydrogens (tertiary/aromatic N) is 1. The van der Waals surface area contributed by atoms with Crippen LogP contribution in [0.5, 0.6) is 0 Å². The van der Waals surface area contributed by atoms with E-state index in [4.69, 9.17) is 11.6 Å². The monoisotopic (exact) mass is 294 g/mol. The van der Waals surface area contributed by atoms with E-state index in [0.29, 0.717) is 11.6 Å². The summed E-state index contributed by atoms with van der Waals surface area (Å²) in [6.07, 6.45) is 0. The third-order valence-corrected chi connectivity index (χ3v) is 3.60. The van der Waals surface area contributed by atoms with E-state index in [1.165, 1.54) is 0 Å². The number of nitrogens with one attached hydrogen (secondary N) is 1. The van der Waals surface area contributed by atoms with Crippen LogP contribution in [0.15, 0.2) is 24.3 Å². The number of halogens is 1. The molecule has 2 amide bonds. The minimum absolute atomic E-state index is 0.0351. The van der Waals surface area contributed by atoms with Crippen LogP contribution in [0.1, 0.15) is 26.3 Å². The van der Waals surface area contributed by atoms with E-state index in [0.717, 1.165) is 5.56 Å². The molecule has 0 spiro atoms. The van der Waals surface area contributed by atoms with Crippen molar-refractivity contribution in [1.29, 1.82) is 0 Å². The molecule has 108 valence electrons. The minimum atomic E-state index is -0.476. The van der Waals surface area contributed by atoms with E-state index >= 15 is 0 Å². The molecule has 0 aliphatic carbocycles. The zero-order valence-corrected chi connectivity index (χ0v) is 12.7. The van der Waals surface area contributed by atoms with Crippen LogP contribution in [0.4, 0.5) is 0 Å². The summed E-state index contributed by atoms with van der Waals surface area (Å²) in [6, 6.07) is 6.83. The van der Waals surface area contributed by atoms with E-state index in [1.807, 2.05) is 32.9 Å². The molecule has 1 aliphatic heterocycles. The lowest BCUT2D eigenvalue weighted by Gasteiger charge is -2.38. The lowest BCUT2D eigenvalue weighted by molar-refractivity contribution is -0.147. The second-order valence-corrected chi connectivity index (χ2v) is 6.62. The summed E-state index contributed by atoms with van der Waals surface area (Å²) in [6.45, 7) is 6.37. The zero-order valence-electron chi connectivity index (χ0n) is 11.9. The molecular weight excluding hydrogens is 276 g/mol. The van der Waals surface area contributed by atoms with Crippen LogP contribution in [0.2, 0.25) is 5.02 Å². The van der Waals surface area contributed by atoms with Crippen LogP contribution in [-0.4, -0.2) is 29.3 Å². The van der Waals surface area contributed by atoms with Crippen molar-refractivity contribution in [1.82, 2.24) is 10.2 Å². The molecule has 1 saturated heterocycles. The fourth-order valence-electron chi connectivity index (χ4n) is 2.23. The number of hydrogen-bond acceptors (Lipinski definition) is 2. The second kappa shape index (κ2) is 5.44. The lowest BCUT2D eigenvalue weighted by Crippen LogP contribution is -2.61. The minimum Gasteiger partial charge on any atom is -0.342 e. The van der Waals surface area contributed by atoms with E-state index in [1.54, 1.807) is 17.0 Å². The van der Waals surface area contributed by atoms with Gasteiger partial charge in [0, 0.05) is 11.6 Å². The van der Waals surface area contributed by atoms with E-state index in [9.17, 15) is 9.59 Å². The largest absolute Gasteiger partial charge is 0.342 e. The SMILES string of the molecule is CC(C)(C)C1NC(=O)CN(Cc2ccc(Cl)cc2)C1=O. The summed E-state index contributed by atoms with van der Waals surface area (Å²) in [5.74, 6) is -0.148. The molecular formula is C15H19ClN2O2. The normalized spacial score (nSPS) is 20.0. The first kappa shape index (κ1) is 14.9. The maximum Gasteiger partial charge on any atom is 0.246 e. The van der Waals surface area contributed by atoms with Crippen LogP contribution in [0.3, 0.4) is 0 Å². The smallest absolute Gasteiger partial charge is 0.246 e. The summed E-state index contributed by atoms with van der Waals surface area (Å²) < 4.78 is 0. The van der Waals surface area contributed by atoms with E-state index in [2.05, 4.69) is 5.32 Å². The van der Waals surface area contributed by atoms with Gasteiger partial charge >= 0.3 is 0 Å². The highest BCUT2D eigenvalue weighted by Gasteiger charge is 2.39. The molecule has 0 aromatic heterocycles. The molecule has 20 heavy (non-hydrogen) atoms. The number of piperazine rings is 1. The van der Waals surface area contributed by atoms with Crippen molar-refractivity contribution in [3.63, 3.8) is 0 Å². The average molecular weight is 295 g/mol. The van der Waals surface area contributed by atoms with Gasteiger partial charge in [-0.25, -0.2) is 0 Å². The number of carbonyl (C=O) groups is 2. The summed E-state index contributed by atoms with van der Waals surface area (Å²) in [5.41, 5.74) is 0.663. The summed E-state index contributed by atoms with van der Waals surface area (Å²) in [4.78, 5) is 25.9. The Kier molecular flexibility index (Phi) is 4.04. The topological polar surface area (TPSA) is 49.4 Å². The summed E-state index contributed by atoms with van der Waals surface area (Å²) in [5, 5.41) is 3.44. The highest BCUT2D eigenvalue weighted by Crippen LogP contribution is 2.24. The Hall–Kier alpha value is -1.55. The van der Waals surface area contributed by atoms with Crippen molar-refractivity contribution in [3.05, 3.63) is 34.9 Å². The van der Waals surface area contributed by atoms with Gasteiger partial charge in [-0.15, -0.1) is 0 Å². The van der Waals surface area contributed by atoms with Crippen molar-refractivity contribution < 1.29 is 9.59 Å². The van der Waals surface area contributed by atoms with Crippen molar-refractivity contribution in [3.8, 4) is 0 Å². The molecule has 5 heteroatoms. The maximum absolute atomic E-state index is 12.5. The van der Waals surface area contributed by atoms with Crippen molar-refractivity contribution in [2.24, 2.45) is 5.41 Å². The van der Waals surface area contributed by atoms with Crippen LogP contribution in [0, 0.1) is 5.41 Å². The molecule has 1 heterocycles. The van der Waals surface area contributed by atoms with Crippen LogP contribution >= 0.6 is 11.6 Å². The Morgan fingerprint density at radius 2 is 1.85 bits per heavy atom. The molecule has 0 radical (unpaired) electrons. The van der Waals surface area contributed by atoms with Gasteiger partial charge in [-0.1, -0.05) is 44.5 Å².